The van der Waals surface area contributed by atoms with Gasteiger partial charge in [-0.3, -0.25) is 0 Å². The standard InChI is InChI=1S/C15H20N4/c1-10-9-18-15(19-11-5-7-17-8-6-11)12-3-2-4-13(16)14(10)12/h2-4,9,11,17H,5-8,16H2,1H3,(H,18,19). The Kier molecular flexibility index (Phi) is 3.25. The SMILES string of the molecule is Cc1cnc(NC2CCNCC2)c2cccc(N)c12. The van der Waals surface area contributed by atoms with Gasteiger partial charge in [-0.1, -0.05) is 12.1 Å². The van der Waals surface area contributed by atoms with E-state index in [0.717, 1.165) is 53.8 Å². The molecule has 0 aliphatic carbocycles. The smallest absolute Gasteiger partial charge is 0.134 e. The number of aryl methyl sites for hydroxylation is 1. The zero-order valence-electron chi connectivity index (χ0n) is 11.2. The summed E-state index contributed by atoms with van der Waals surface area (Å²) in [6.07, 6.45) is 4.18. The first-order valence-corrected chi connectivity index (χ1v) is 6.87. The average molecular weight is 256 g/mol. The number of nitrogens with two attached hydrogens (primary N) is 1. The van der Waals surface area contributed by atoms with Crippen molar-refractivity contribution in [1.82, 2.24) is 10.3 Å². The van der Waals surface area contributed by atoms with Gasteiger partial charge in [0, 0.05) is 28.7 Å². The number of nitrogen functional groups attached to an aromatic ring is 1. The molecule has 0 unspecified atom stereocenters. The summed E-state index contributed by atoms with van der Waals surface area (Å²) in [5.41, 5.74) is 8.05. The molecule has 0 spiro atoms. The maximum absolute atomic E-state index is 6.09. The largest absolute Gasteiger partial charge is 0.398 e. The Hall–Kier alpha value is -1.81. The van der Waals surface area contributed by atoms with Crippen molar-refractivity contribution < 1.29 is 0 Å². The van der Waals surface area contributed by atoms with Gasteiger partial charge >= 0.3 is 0 Å². The van der Waals surface area contributed by atoms with Crippen molar-refractivity contribution in [1.29, 1.82) is 0 Å². The van der Waals surface area contributed by atoms with Crippen molar-refractivity contribution >= 4 is 22.3 Å². The highest BCUT2D eigenvalue weighted by Gasteiger charge is 2.15. The summed E-state index contributed by atoms with van der Waals surface area (Å²) < 4.78 is 0. The van der Waals surface area contributed by atoms with Gasteiger partial charge in [0.15, 0.2) is 0 Å². The van der Waals surface area contributed by atoms with Gasteiger partial charge in [0.2, 0.25) is 0 Å². The molecule has 2 heterocycles. The molecule has 100 valence electrons. The first-order valence-electron chi connectivity index (χ1n) is 6.87. The van der Waals surface area contributed by atoms with Gasteiger partial charge in [0.05, 0.1) is 0 Å². The van der Waals surface area contributed by atoms with E-state index >= 15 is 0 Å². The van der Waals surface area contributed by atoms with Crippen LogP contribution in [0.3, 0.4) is 0 Å². The Morgan fingerprint density at radius 2 is 2.11 bits per heavy atom. The van der Waals surface area contributed by atoms with Gasteiger partial charge in [-0.25, -0.2) is 4.98 Å². The summed E-state index contributed by atoms with van der Waals surface area (Å²) in [7, 11) is 0. The molecule has 1 fully saturated rings. The summed E-state index contributed by atoms with van der Waals surface area (Å²) in [4.78, 5) is 4.55. The number of piperidine rings is 1. The van der Waals surface area contributed by atoms with Crippen LogP contribution in [0.25, 0.3) is 10.8 Å². The van der Waals surface area contributed by atoms with Gasteiger partial charge < -0.3 is 16.4 Å². The van der Waals surface area contributed by atoms with E-state index in [2.05, 4.69) is 28.6 Å². The Bertz CT molecular complexity index is 580. The number of hydrogen-bond acceptors (Lipinski definition) is 4. The van der Waals surface area contributed by atoms with E-state index in [1.54, 1.807) is 0 Å². The van der Waals surface area contributed by atoms with Crippen LogP contribution in [0.5, 0.6) is 0 Å². The van der Waals surface area contributed by atoms with Gasteiger partial charge in [0.25, 0.3) is 0 Å². The van der Waals surface area contributed by atoms with Gasteiger partial charge in [-0.15, -0.1) is 0 Å². The van der Waals surface area contributed by atoms with E-state index in [9.17, 15) is 0 Å². The predicted molar refractivity (Wildman–Crippen MR) is 80.4 cm³/mol. The highest BCUT2D eigenvalue weighted by molar-refractivity contribution is 6.01. The molecule has 1 saturated heterocycles. The number of pyridine rings is 1. The van der Waals surface area contributed by atoms with E-state index < -0.39 is 0 Å². The lowest BCUT2D eigenvalue weighted by Crippen LogP contribution is -2.35. The number of nitrogens with zero attached hydrogens (tertiary/aromatic N) is 1. The molecule has 2 aromatic rings. The molecule has 1 aromatic carbocycles. The van der Waals surface area contributed by atoms with Gasteiger partial charge in [-0.2, -0.15) is 0 Å². The molecule has 1 aliphatic heterocycles. The van der Waals surface area contributed by atoms with Crippen molar-refractivity contribution in [3.8, 4) is 0 Å². The van der Waals surface area contributed by atoms with Crippen LogP contribution in [-0.2, 0) is 0 Å². The fraction of sp³-hybridized carbons (Fsp3) is 0.400. The average Bonchev–Trinajstić information content (AvgIpc) is 2.43. The molecule has 3 rings (SSSR count). The first kappa shape index (κ1) is 12.2. The molecule has 0 radical (unpaired) electrons. The lowest BCUT2D eigenvalue weighted by Gasteiger charge is -2.25. The zero-order chi connectivity index (χ0) is 13.2. The van der Waals surface area contributed by atoms with Crippen molar-refractivity contribution in [3.05, 3.63) is 30.0 Å². The molecule has 1 aliphatic rings. The number of anilines is 2. The maximum Gasteiger partial charge on any atom is 0.134 e. The molecule has 4 heteroatoms. The number of aromatic nitrogens is 1. The third-order valence-corrected chi connectivity index (χ3v) is 3.81. The Balaban J connectivity index is 1.99. The molecule has 0 bridgehead atoms. The van der Waals surface area contributed by atoms with Crippen LogP contribution in [0, 0.1) is 6.92 Å². The van der Waals surface area contributed by atoms with Crippen LogP contribution < -0.4 is 16.4 Å². The van der Waals surface area contributed by atoms with E-state index in [1.165, 1.54) is 0 Å². The van der Waals surface area contributed by atoms with Crippen LogP contribution in [0.2, 0.25) is 0 Å². The normalized spacial score (nSPS) is 16.7. The predicted octanol–water partition coefficient (Wildman–Crippen LogP) is 2.29. The molecule has 0 amide bonds. The fourth-order valence-corrected chi connectivity index (χ4v) is 2.78. The second-order valence-corrected chi connectivity index (χ2v) is 5.23. The Morgan fingerprint density at radius 3 is 2.89 bits per heavy atom. The van der Waals surface area contributed by atoms with Crippen molar-refractivity contribution in [2.75, 3.05) is 24.1 Å². The summed E-state index contributed by atoms with van der Waals surface area (Å²) in [5.74, 6) is 0.958. The monoisotopic (exact) mass is 256 g/mol. The Labute approximate surface area is 113 Å². The van der Waals surface area contributed by atoms with E-state index in [0.29, 0.717) is 6.04 Å². The van der Waals surface area contributed by atoms with Crippen molar-refractivity contribution in [2.45, 2.75) is 25.8 Å². The van der Waals surface area contributed by atoms with E-state index in [-0.39, 0.29) is 0 Å². The highest BCUT2D eigenvalue weighted by atomic mass is 15.0. The first-order chi connectivity index (χ1) is 9.25. The van der Waals surface area contributed by atoms with Crippen LogP contribution in [0.4, 0.5) is 11.5 Å². The molecule has 0 atom stereocenters. The summed E-state index contributed by atoms with van der Waals surface area (Å²) in [6.45, 7) is 4.20. The Morgan fingerprint density at radius 1 is 1.32 bits per heavy atom. The molecule has 4 nitrogen and oxygen atoms in total. The maximum atomic E-state index is 6.09. The molecule has 4 N–H and O–H groups in total. The summed E-state index contributed by atoms with van der Waals surface area (Å²) >= 11 is 0. The fourth-order valence-electron chi connectivity index (χ4n) is 2.78. The van der Waals surface area contributed by atoms with Crippen molar-refractivity contribution in [3.63, 3.8) is 0 Å². The quantitative estimate of drug-likeness (QED) is 0.721. The molecule has 1 aromatic heterocycles. The zero-order valence-corrected chi connectivity index (χ0v) is 11.2. The van der Waals surface area contributed by atoms with Gasteiger partial charge in [-0.05, 0) is 44.5 Å². The second-order valence-electron chi connectivity index (χ2n) is 5.23. The van der Waals surface area contributed by atoms with E-state index in [1.807, 2.05) is 18.3 Å². The van der Waals surface area contributed by atoms with E-state index in [4.69, 9.17) is 5.73 Å². The summed E-state index contributed by atoms with van der Waals surface area (Å²) in [6, 6.07) is 6.53. The minimum atomic E-state index is 0.501. The van der Waals surface area contributed by atoms with Crippen LogP contribution in [0.1, 0.15) is 18.4 Å². The molecule has 19 heavy (non-hydrogen) atoms. The molecular weight excluding hydrogens is 236 g/mol. The number of nitrogens with one attached hydrogen (secondary N) is 2. The number of fused-ring (bicyclic) bond motifs is 1. The topological polar surface area (TPSA) is 63.0 Å². The lowest BCUT2D eigenvalue weighted by atomic mass is 10.0. The van der Waals surface area contributed by atoms with Crippen LogP contribution >= 0.6 is 0 Å². The third-order valence-electron chi connectivity index (χ3n) is 3.81. The second kappa shape index (κ2) is 5.05. The molecule has 0 saturated carbocycles. The number of hydrogen-bond donors (Lipinski definition) is 3. The summed E-state index contributed by atoms with van der Waals surface area (Å²) in [5, 5.41) is 9.19. The third kappa shape index (κ3) is 2.36. The minimum absolute atomic E-state index is 0.501. The van der Waals surface area contributed by atoms with Crippen LogP contribution in [0.15, 0.2) is 24.4 Å². The van der Waals surface area contributed by atoms with Gasteiger partial charge in [0.1, 0.15) is 5.82 Å². The number of rotatable bonds is 2. The lowest BCUT2D eigenvalue weighted by molar-refractivity contribution is 0.478. The highest BCUT2D eigenvalue weighted by Crippen LogP contribution is 2.29. The molecular formula is C15H20N4. The number of benzene rings is 1. The minimum Gasteiger partial charge on any atom is -0.398 e. The van der Waals surface area contributed by atoms with Crippen LogP contribution in [-0.4, -0.2) is 24.1 Å². The van der Waals surface area contributed by atoms with Crippen molar-refractivity contribution in [2.24, 2.45) is 0 Å².